The number of hydrogen-bond acceptors (Lipinski definition) is 2. The monoisotopic (exact) mass is 222 g/mol. The van der Waals surface area contributed by atoms with Crippen molar-refractivity contribution in [2.75, 3.05) is 18.2 Å². The summed E-state index contributed by atoms with van der Waals surface area (Å²) >= 11 is 0. The van der Waals surface area contributed by atoms with Gasteiger partial charge in [0.2, 0.25) is 0 Å². The van der Waals surface area contributed by atoms with Gasteiger partial charge in [-0.2, -0.15) is 5.06 Å². The molecule has 0 aromatic heterocycles. The molecule has 0 aliphatic heterocycles. The van der Waals surface area contributed by atoms with E-state index in [9.17, 15) is 4.79 Å². The van der Waals surface area contributed by atoms with E-state index in [1.807, 2.05) is 44.2 Å². The summed E-state index contributed by atoms with van der Waals surface area (Å²) in [5.41, 5.74) is 0.734. The normalized spacial score (nSPS) is 9.88. The van der Waals surface area contributed by atoms with Crippen LogP contribution in [0.15, 0.2) is 30.3 Å². The van der Waals surface area contributed by atoms with E-state index in [1.165, 1.54) is 5.06 Å². The lowest BCUT2D eigenvalue weighted by molar-refractivity contribution is 0.127. The number of urea groups is 1. The van der Waals surface area contributed by atoms with Gasteiger partial charge in [0.15, 0.2) is 0 Å². The van der Waals surface area contributed by atoms with Crippen LogP contribution in [0.2, 0.25) is 0 Å². The maximum absolute atomic E-state index is 11.8. The lowest BCUT2D eigenvalue weighted by atomic mass is 10.3. The first-order chi connectivity index (χ1) is 7.79. The summed E-state index contributed by atoms with van der Waals surface area (Å²) in [5.74, 6) is 0. The molecule has 0 aliphatic carbocycles. The molecule has 4 heteroatoms. The number of amides is 2. The molecule has 0 radical (unpaired) electrons. The van der Waals surface area contributed by atoms with Crippen molar-refractivity contribution < 1.29 is 9.63 Å². The van der Waals surface area contributed by atoms with Gasteiger partial charge in [0.25, 0.3) is 0 Å². The minimum Gasteiger partial charge on any atom is -0.336 e. The van der Waals surface area contributed by atoms with Gasteiger partial charge in [0, 0.05) is 6.54 Å². The Morgan fingerprint density at radius 1 is 1.31 bits per heavy atom. The highest BCUT2D eigenvalue weighted by atomic mass is 16.7. The molecule has 0 atom stereocenters. The van der Waals surface area contributed by atoms with Gasteiger partial charge >= 0.3 is 6.03 Å². The molecule has 1 rings (SSSR count). The summed E-state index contributed by atoms with van der Waals surface area (Å²) in [7, 11) is 0. The Morgan fingerprint density at radius 2 is 2.00 bits per heavy atom. The Labute approximate surface area is 96.2 Å². The summed E-state index contributed by atoms with van der Waals surface area (Å²) < 4.78 is 0. The topological polar surface area (TPSA) is 41.6 Å². The minimum absolute atomic E-state index is 0.227. The van der Waals surface area contributed by atoms with Crippen molar-refractivity contribution in [1.82, 2.24) is 5.32 Å². The zero-order valence-electron chi connectivity index (χ0n) is 9.77. The average Bonchev–Trinajstić information content (AvgIpc) is 2.34. The maximum Gasteiger partial charge on any atom is 0.346 e. The van der Waals surface area contributed by atoms with Crippen LogP contribution in [0.25, 0.3) is 0 Å². The molecular weight excluding hydrogens is 204 g/mol. The van der Waals surface area contributed by atoms with Crippen LogP contribution >= 0.6 is 0 Å². The van der Waals surface area contributed by atoms with Crippen LogP contribution in [0, 0.1) is 0 Å². The van der Waals surface area contributed by atoms with E-state index in [2.05, 4.69) is 5.32 Å². The first kappa shape index (κ1) is 12.5. The Hall–Kier alpha value is -1.55. The Balaban J connectivity index is 2.71. The number of hydroxylamine groups is 1. The number of carbonyl (C=O) groups excluding carboxylic acids is 1. The fourth-order valence-electron chi connectivity index (χ4n) is 1.25. The first-order valence-corrected chi connectivity index (χ1v) is 5.55. The summed E-state index contributed by atoms with van der Waals surface area (Å²) in [6, 6.07) is 9.08. The van der Waals surface area contributed by atoms with Gasteiger partial charge in [-0.15, -0.1) is 0 Å². The Kier molecular flexibility index (Phi) is 5.36. The van der Waals surface area contributed by atoms with Gasteiger partial charge in [-0.1, -0.05) is 25.1 Å². The molecule has 1 N–H and O–H groups in total. The van der Waals surface area contributed by atoms with E-state index in [1.54, 1.807) is 0 Å². The molecule has 16 heavy (non-hydrogen) atoms. The van der Waals surface area contributed by atoms with E-state index in [0.29, 0.717) is 13.2 Å². The van der Waals surface area contributed by atoms with E-state index in [-0.39, 0.29) is 6.03 Å². The third kappa shape index (κ3) is 3.55. The van der Waals surface area contributed by atoms with E-state index in [4.69, 9.17) is 4.84 Å². The average molecular weight is 222 g/mol. The number of nitrogens with zero attached hydrogens (tertiary/aromatic N) is 1. The summed E-state index contributed by atoms with van der Waals surface area (Å²) in [6.45, 7) is 4.96. The number of rotatable bonds is 5. The second-order valence-electron chi connectivity index (χ2n) is 3.28. The molecule has 0 spiro atoms. The molecule has 0 unspecified atom stereocenters. The van der Waals surface area contributed by atoms with Crippen molar-refractivity contribution in [1.29, 1.82) is 0 Å². The summed E-state index contributed by atoms with van der Waals surface area (Å²) in [5, 5.41) is 4.07. The highest BCUT2D eigenvalue weighted by Crippen LogP contribution is 2.13. The largest absolute Gasteiger partial charge is 0.346 e. The van der Waals surface area contributed by atoms with Gasteiger partial charge in [0.05, 0.1) is 12.3 Å². The minimum atomic E-state index is -0.227. The molecule has 88 valence electrons. The predicted molar refractivity (Wildman–Crippen MR) is 64.2 cm³/mol. The van der Waals surface area contributed by atoms with Crippen molar-refractivity contribution in [2.45, 2.75) is 20.3 Å². The van der Waals surface area contributed by atoms with Crippen LogP contribution in [-0.2, 0) is 4.84 Å². The van der Waals surface area contributed by atoms with Gasteiger partial charge < -0.3 is 5.32 Å². The number of nitrogens with one attached hydrogen (secondary N) is 1. The molecule has 0 heterocycles. The number of hydrogen-bond donors (Lipinski definition) is 1. The lowest BCUT2D eigenvalue weighted by Crippen LogP contribution is -2.40. The smallest absolute Gasteiger partial charge is 0.336 e. The second-order valence-corrected chi connectivity index (χ2v) is 3.28. The van der Waals surface area contributed by atoms with Crippen LogP contribution in [0.3, 0.4) is 0 Å². The first-order valence-electron chi connectivity index (χ1n) is 5.55. The van der Waals surface area contributed by atoms with Crippen molar-refractivity contribution in [3.05, 3.63) is 30.3 Å². The number of benzene rings is 1. The molecule has 0 bridgehead atoms. The quantitative estimate of drug-likeness (QED) is 0.778. The SMILES string of the molecule is CCCNC(=O)N(OCC)c1ccccc1. The molecule has 0 fully saturated rings. The standard InChI is InChI=1S/C12H18N2O2/c1-3-10-13-12(15)14(16-4-2)11-8-6-5-7-9-11/h5-9H,3-4,10H2,1-2H3,(H,13,15). The molecule has 2 amide bonds. The van der Waals surface area contributed by atoms with E-state index in [0.717, 1.165) is 12.1 Å². The van der Waals surface area contributed by atoms with Gasteiger partial charge in [-0.3, -0.25) is 4.84 Å². The van der Waals surface area contributed by atoms with E-state index >= 15 is 0 Å². The molecule has 0 saturated heterocycles. The number of carbonyl (C=O) groups is 1. The number of para-hydroxylation sites is 1. The predicted octanol–water partition coefficient (Wildman–Crippen LogP) is 2.56. The Bertz CT molecular complexity index is 314. The second kappa shape index (κ2) is 6.85. The third-order valence-electron chi connectivity index (χ3n) is 1.96. The van der Waals surface area contributed by atoms with Crippen molar-refractivity contribution in [3.8, 4) is 0 Å². The zero-order chi connectivity index (χ0) is 11.8. The fourth-order valence-corrected chi connectivity index (χ4v) is 1.25. The van der Waals surface area contributed by atoms with Crippen LogP contribution in [-0.4, -0.2) is 19.2 Å². The van der Waals surface area contributed by atoms with Crippen molar-refractivity contribution in [3.63, 3.8) is 0 Å². The van der Waals surface area contributed by atoms with E-state index < -0.39 is 0 Å². The van der Waals surface area contributed by atoms with Gasteiger partial charge in [-0.05, 0) is 25.5 Å². The highest BCUT2D eigenvalue weighted by Gasteiger charge is 2.14. The lowest BCUT2D eigenvalue weighted by Gasteiger charge is -2.21. The fraction of sp³-hybridized carbons (Fsp3) is 0.417. The van der Waals surface area contributed by atoms with Crippen molar-refractivity contribution in [2.24, 2.45) is 0 Å². The van der Waals surface area contributed by atoms with Crippen molar-refractivity contribution >= 4 is 11.7 Å². The molecule has 1 aromatic rings. The van der Waals surface area contributed by atoms with Crippen LogP contribution in [0.1, 0.15) is 20.3 Å². The summed E-state index contributed by atoms with van der Waals surface area (Å²) in [6.07, 6.45) is 0.903. The molecule has 1 aromatic carbocycles. The third-order valence-corrected chi connectivity index (χ3v) is 1.96. The molecule has 4 nitrogen and oxygen atoms in total. The maximum atomic E-state index is 11.8. The number of anilines is 1. The summed E-state index contributed by atoms with van der Waals surface area (Å²) in [4.78, 5) is 17.1. The van der Waals surface area contributed by atoms with Gasteiger partial charge in [0.1, 0.15) is 0 Å². The van der Waals surface area contributed by atoms with Crippen LogP contribution in [0.5, 0.6) is 0 Å². The van der Waals surface area contributed by atoms with Crippen LogP contribution in [0.4, 0.5) is 10.5 Å². The van der Waals surface area contributed by atoms with Crippen LogP contribution < -0.4 is 10.4 Å². The van der Waals surface area contributed by atoms with Gasteiger partial charge in [-0.25, -0.2) is 4.79 Å². The highest BCUT2D eigenvalue weighted by molar-refractivity contribution is 5.89. The molecular formula is C12H18N2O2. The zero-order valence-corrected chi connectivity index (χ0v) is 9.77. The molecule has 0 saturated carbocycles. The molecule has 0 aliphatic rings. The Morgan fingerprint density at radius 3 is 2.56 bits per heavy atom.